The van der Waals surface area contributed by atoms with E-state index in [0.717, 1.165) is 57.1 Å². The number of para-hydroxylation sites is 8. The lowest BCUT2D eigenvalue weighted by Gasteiger charge is -2.33. The molecule has 262 valence electrons. The number of thiophene rings is 1. The Kier molecular flexibility index (Phi) is 7.13. The molecule has 0 saturated carbocycles. The third kappa shape index (κ3) is 5.12. The summed E-state index contributed by atoms with van der Waals surface area (Å²) in [5.41, 5.74) is 13.6. The van der Waals surface area contributed by atoms with Crippen LogP contribution in [-0.4, -0.2) is 0 Å². The lowest BCUT2D eigenvalue weighted by Crippen LogP contribution is -2.15. The van der Waals surface area contributed by atoms with E-state index in [1.165, 1.54) is 53.6 Å². The van der Waals surface area contributed by atoms with Crippen molar-refractivity contribution in [2.45, 2.75) is 13.8 Å². The van der Waals surface area contributed by atoms with Crippen LogP contribution in [0.3, 0.4) is 0 Å². The van der Waals surface area contributed by atoms with Crippen LogP contribution in [0.4, 0.5) is 34.1 Å². The Bertz CT molecular complexity index is 2710. The first-order valence-electron chi connectivity index (χ1n) is 18.6. The van der Waals surface area contributed by atoms with Gasteiger partial charge in [0.05, 0.1) is 22.7 Å². The summed E-state index contributed by atoms with van der Waals surface area (Å²) in [6.45, 7) is 4.42. The Labute approximate surface area is 323 Å². The van der Waals surface area contributed by atoms with Crippen molar-refractivity contribution in [2.75, 3.05) is 9.80 Å². The highest BCUT2D eigenvalue weighted by atomic mass is 32.1. The number of ether oxygens (including phenoxy) is 2. The first-order chi connectivity index (χ1) is 27.1. The molecule has 2 aliphatic heterocycles. The second-order valence-corrected chi connectivity index (χ2v) is 15.3. The molecule has 0 atom stereocenters. The number of benzene rings is 8. The number of hydrogen-bond donors (Lipinski definition) is 0. The molecule has 5 heteroatoms. The molecule has 0 aliphatic carbocycles. The van der Waals surface area contributed by atoms with Crippen LogP contribution in [-0.2, 0) is 0 Å². The van der Waals surface area contributed by atoms with Crippen LogP contribution in [0.15, 0.2) is 170 Å². The molecular formula is C50H34N2O2S. The molecule has 11 rings (SSSR count). The minimum atomic E-state index is 0.850. The fourth-order valence-corrected chi connectivity index (χ4v) is 9.62. The SMILES string of the molecule is Cc1cc(-c2cccc(N3c4ccccc4Oc4ccccc43)c2)c2sc3c(-c4cccc(N5c6ccccc6Oc6ccccc65)c4)cc(C)cc3c2c1. The molecule has 9 aromatic rings. The Hall–Kier alpha value is -6.82. The zero-order valence-electron chi connectivity index (χ0n) is 30.3. The van der Waals surface area contributed by atoms with Gasteiger partial charge < -0.3 is 19.3 Å². The standard InChI is InChI=1S/C50H34N2O2S/c1-31-25-37(33-13-11-15-35(29-33)51-41-17-3-7-21-45(41)53-46-22-8-4-18-42(46)51)49-39(27-31)40-28-32(2)26-38(50(40)55-49)34-14-12-16-36(30-34)52-43-19-5-9-23-47(43)54-48-24-10-6-20-44(48)52/h3-30H,1-2H3. The van der Waals surface area contributed by atoms with E-state index in [2.05, 4.69) is 145 Å². The summed E-state index contributed by atoms with van der Waals surface area (Å²) >= 11 is 1.89. The van der Waals surface area contributed by atoms with Gasteiger partial charge in [-0.1, -0.05) is 72.8 Å². The van der Waals surface area contributed by atoms with E-state index in [1.54, 1.807) is 0 Å². The van der Waals surface area contributed by atoms with Gasteiger partial charge >= 0.3 is 0 Å². The van der Waals surface area contributed by atoms with Crippen LogP contribution < -0.4 is 19.3 Å². The van der Waals surface area contributed by atoms with E-state index in [4.69, 9.17) is 9.47 Å². The number of anilines is 6. The van der Waals surface area contributed by atoms with E-state index in [0.29, 0.717) is 0 Å². The minimum absolute atomic E-state index is 0.850. The van der Waals surface area contributed by atoms with Gasteiger partial charge in [0, 0.05) is 31.5 Å². The Balaban J connectivity index is 1.06. The molecule has 0 amide bonds. The van der Waals surface area contributed by atoms with Crippen molar-refractivity contribution in [3.63, 3.8) is 0 Å². The number of fused-ring (bicyclic) bond motifs is 7. The van der Waals surface area contributed by atoms with Gasteiger partial charge in [0.1, 0.15) is 0 Å². The van der Waals surface area contributed by atoms with Gasteiger partial charge in [-0.25, -0.2) is 0 Å². The van der Waals surface area contributed by atoms with E-state index >= 15 is 0 Å². The maximum atomic E-state index is 6.33. The van der Waals surface area contributed by atoms with E-state index in [1.807, 2.05) is 59.9 Å². The van der Waals surface area contributed by atoms with Crippen molar-refractivity contribution in [3.05, 3.63) is 181 Å². The third-order valence-electron chi connectivity index (χ3n) is 10.7. The van der Waals surface area contributed by atoms with E-state index in [-0.39, 0.29) is 0 Å². The molecule has 0 radical (unpaired) electrons. The normalized spacial score (nSPS) is 12.8. The summed E-state index contributed by atoms with van der Waals surface area (Å²) in [5, 5.41) is 2.58. The molecule has 0 bridgehead atoms. The largest absolute Gasteiger partial charge is 0.453 e. The molecule has 1 aromatic heterocycles. The first kappa shape index (κ1) is 31.7. The van der Waals surface area contributed by atoms with Crippen molar-refractivity contribution in [1.82, 2.24) is 0 Å². The zero-order chi connectivity index (χ0) is 36.6. The lowest BCUT2D eigenvalue weighted by atomic mass is 9.96. The number of hydrogen-bond acceptors (Lipinski definition) is 5. The van der Waals surface area contributed by atoms with Gasteiger partial charge in [0.25, 0.3) is 0 Å². The van der Waals surface area contributed by atoms with Crippen LogP contribution in [0, 0.1) is 13.8 Å². The summed E-state index contributed by atoms with van der Waals surface area (Å²) in [6, 6.07) is 60.4. The molecule has 0 fully saturated rings. The molecule has 8 aromatic carbocycles. The molecule has 0 unspecified atom stereocenters. The third-order valence-corrected chi connectivity index (χ3v) is 11.9. The monoisotopic (exact) mass is 726 g/mol. The highest BCUT2D eigenvalue weighted by Gasteiger charge is 2.27. The molecule has 2 aliphatic rings. The van der Waals surface area contributed by atoms with Gasteiger partial charge in [-0.15, -0.1) is 11.3 Å². The smallest absolute Gasteiger partial charge is 0.151 e. The average molecular weight is 727 g/mol. The molecule has 55 heavy (non-hydrogen) atoms. The fraction of sp³-hybridized carbons (Fsp3) is 0.0400. The van der Waals surface area contributed by atoms with Gasteiger partial charge in [0.2, 0.25) is 0 Å². The number of aryl methyl sites for hydroxylation is 2. The predicted octanol–water partition coefficient (Wildman–Crippen LogP) is 15.2. The van der Waals surface area contributed by atoms with Crippen molar-refractivity contribution in [1.29, 1.82) is 0 Å². The van der Waals surface area contributed by atoms with Gasteiger partial charge in [-0.05, 0) is 144 Å². The topological polar surface area (TPSA) is 24.9 Å². The van der Waals surface area contributed by atoms with Crippen LogP contribution in [0.5, 0.6) is 23.0 Å². The summed E-state index contributed by atoms with van der Waals surface area (Å²) in [5.74, 6) is 3.40. The summed E-state index contributed by atoms with van der Waals surface area (Å²) < 4.78 is 15.2. The average Bonchev–Trinajstić information content (AvgIpc) is 3.59. The van der Waals surface area contributed by atoms with Crippen molar-refractivity contribution in [3.8, 4) is 45.3 Å². The van der Waals surface area contributed by atoms with E-state index in [9.17, 15) is 0 Å². The van der Waals surface area contributed by atoms with Crippen molar-refractivity contribution >= 4 is 65.6 Å². The predicted molar refractivity (Wildman–Crippen MR) is 229 cm³/mol. The quantitative estimate of drug-likeness (QED) is 0.180. The maximum absolute atomic E-state index is 6.33. The summed E-state index contributed by atoms with van der Waals surface area (Å²) in [4.78, 5) is 4.63. The summed E-state index contributed by atoms with van der Waals surface area (Å²) in [7, 11) is 0. The number of rotatable bonds is 4. The minimum Gasteiger partial charge on any atom is -0.453 e. The van der Waals surface area contributed by atoms with Crippen molar-refractivity contribution < 1.29 is 9.47 Å². The van der Waals surface area contributed by atoms with Crippen molar-refractivity contribution in [2.24, 2.45) is 0 Å². The fourth-order valence-electron chi connectivity index (χ4n) is 8.29. The van der Waals surface area contributed by atoms with Gasteiger partial charge in [-0.2, -0.15) is 0 Å². The summed E-state index contributed by atoms with van der Waals surface area (Å²) in [6.07, 6.45) is 0. The van der Waals surface area contributed by atoms with Crippen LogP contribution in [0.1, 0.15) is 11.1 Å². The molecule has 3 heterocycles. The van der Waals surface area contributed by atoms with Crippen LogP contribution in [0.25, 0.3) is 42.4 Å². The van der Waals surface area contributed by atoms with Crippen LogP contribution >= 0.6 is 11.3 Å². The highest BCUT2D eigenvalue weighted by Crippen LogP contribution is 2.53. The second-order valence-electron chi connectivity index (χ2n) is 14.3. The molecule has 0 saturated heterocycles. The van der Waals surface area contributed by atoms with Gasteiger partial charge in [0.15, 0.2) is 23.0 Å². The lowest BCUT2D eigenvalue weighted by molar-refractivity contribution is 0.477. The highest BCUT2D eigenvalue weighted by molar-refractivity contribution is 7.26. The van der Waals surface area contributed by atoms with Crippen LogP contribution in [0.2, 0.25) is 0 Å². The Morgan fingerprint density at radius 3 is 1.13 bits per heavy atom. The molecule has 4 nitrogen and oxygen atoms in total. The Morgan fingerprint density at radius 1 is 0.382 bits per heavy atom. The van der Waals surface area contributed by atoms with E-state index < -0.39 is 0 Å². The second kappa shape index (κ2) is 12.4. The molecule has 0 spiro atoms. The Morgan fingerprint density at radius 2 is 0.745 bits per heavy atom. The molecule has 0 N–H and O–H groups in total. The first-order valence-corrected chi connectivity index (χ1v) is 19.4. The zero-order valence-corrected chi connectivity index (χ0v) is 31.1. The maximum Gasteiger partial charge on any atom is 0.151 e. The number of nitrogens with zero attached hydrogens (tertiary/aromatic N) is 2. The molecular weight excluding hydrogens is 693 g/mol. The van der Waals surface area contributed by atoms with Gasteiger partial charge in [-0.3, -0.25) is 0 Å².